The zero-order valence-corrected chi connectivity index (χ0v) is 13.2. The molecular weight excluding hydrogens is 288 g/mol. The average Bonchev–Trinajstić information content (AvgIpc) is 2.62. The smallest absolute Gasteiger partial charge is 0.253 e. The van der Waals surface area contributed by atoms with Crippen molar-refractivity contribution in [2.24, 2.45) is 0 Å². The largest absolute Gasteiger partial charge is 0.381 e. The predicted molar refractivity (Wildman–Crippen MR) is 90.1 cm³/mol. The van der Waals surface area contributed by atoms with Gasteiger partial charge in [-0.05, 0) is 31.0 Å². The first-order valence-corrected chi connectivity index (χ1v) is 8.21. The molecule has 0 radical (unpaired) electrons. The third-order valence-corrected chi connectivity index (χ3v) is 4.13. The average molecular weight is 310 g/mol. The van der Waals surface area contributed by atoms with Crippen LogP contribution in [0.2, 0.25) is 0 Å². The van der Waals surface area contributed by atoms with Gasteiger partial charge in [-0.15, -0.1) is 0 Å². The van der Waals surface area contributed by atoms with E-state index in [1.165, 1.54) is 32.1 Å². The second kappa shape index (κ2) is 7.72. The predicted octanol–water partition coefficient (Wildman–Crippen LogP) is 3.15. The number of anilines is 1. The second-order valence-corrected chi connectivity index (χ2v) is 5.95. The van der Waals surface area contributed by atoms with Gasteiger partial charge in [-0.25, -0.2) is 0 Å². The summed E-state index contributed by atoms with van der Waals surface area (Å²) in [5, 5.41) is 6.37. The lowest BCUT2D eigenvalue weighted by Gasteiger charge is -2.23. The monoisotopic (exact) mass is 310 g/mol. The van der Waals surface area contributed by atoms with Crippen LogP contribution in [0.1, 0.15) is 48.2 Å². The molecular formula is C18H22N4O. The van der Waals surface area contributed by atoms with Gasteiger partial charge in [0.2, 0.25) is 0 Å². The molecule has 2 N–H and O–H groups in total. The van der Waals surface area contributed by atoms with Crippen molar-refractivity contribution in [3.8, 4) is 0 Å². The lowest BCUT2D eigenvalue weighted by atomic mass is 9.95. The molecule has 3 rings (SSSR count). The molecule has 23 heavy (non-hydrogen) atoms. The molecule has 0 unspecified atom stereocenters. The molecule has 0 aromatic carbocycles. The fraction of sp³-hybridized carbons (Fsp3) is 0.389. The Labute approximate surface area is 136 Å². The Hall–Kier alpha value is -2.43. The first-order chi connectivity index (χ1) is 11.3. The standard InChI is InChI=1S/C18H22N4O/c23-18(21-13-16-8-4-5-9-20-16)14-10-17(12-19-11-14)22-15-6-2-1-3-7-15/h4-5,8-12,15,22H,1-3,6-7,13H2,(H,21,23). The van der Waals surface area contributed by atoms with E-state index in [0.717, 1.165) is 11.4 Å². The Morgan fingerprint density at radius 2 is 2.04 bits per heavy atom. The molecule has 1 aliphatic rings. The molecule has 0 aliphatic heterocycles. The molecule has 2 heterocycles. The summed E-state index contributed by atoms with van der Waals surface area (Å²) in [7, 11) is 0. The summed E-state index contributed by atoms with van der Waals surface area (Å²) in [6.45, 7) is 0.417. The highest BCUT2D eigenvalue weighted by Gasteiger charge is 2.14. The molecule has 5 heteroatoms. The zero-order chi connectivity index (χ0) is 15.9. The minimum absolute atomic E-state index is 0.129. The lowest BCUT2D eigenvalue weighted by Crippen LogP contribution is -2.25. The molecule has 1 amide bonds. The summed E-state index contributed by atoms with van der Waals surface area (Å²) in [6.07, 6.45) is 11.4. The Kier molecular flexibility index (Phi) is 5.19. The molecule has 2 aromatic heterocycles. The van der Waals surface area contributed by atoms with Crippen LogP contribution in [0, 0.1) is 0 Å². The molecule has 120 valence electrons. The maximum absolute atomic E-state index is 12.3. The Balaban J connectivity index is 1.58. The number of hydrogen-bond donors (Lipinski definition) is 2. The fourth-order valence-corrected chi connectivity index (χ4v) is 2.90. The number of hydrogen-bond acceptors (Lipinski definition) is 4. The Morgan fingerprint density at radius 3 is 2.83 bits per heavy atom. The van der Waals surface area contributed by atoms with Crippen molar-refractivity contribution < 1.29 is 4.79 Å². The number of nitrogens with zero attached hydrogens (tertiary/aromatic N) is 2. The summed E-state index contributed by atoms with van der Waals surface area (Å²) in [4.78, 5) is 20.6. The van der Waals surface area contributed by atoms with Crippen molar-refractivity contribution in [3.05, 3.63) is 54.1 Å². The molecule has 0 bridgehead atoms. The third-order valence-electron chi connectivity index (χ3n) is 4.13. The van der Waals surface area contributed by atoms with Crippen LogP contribution in [0.5, 0.6) is 0 Å². The SMILES string of the molecule is O=C(NCc1ccccn1)c1cncc(NC2CCCCC2)c1. The van der Waals surface area contributed by atoms with Gasteiger partial charge in [0.05, 0.1) is 23.5 Å². The van der Waals surface area contributed by atoms with Gasteiger partial charge in [-0.2, -0.15) is 0 Å². The first-order valence-electron chi connectivity index (χ1n) is 8.21. The minimum Gasteiger partial charge on any atom is -0.381 e. The van der Waals surface area contributed by atoms with Gasteiger partial charge in [0.25, 0.3) is 5.91 Å². The highest BCUT2D eigenvalue weighted by Crippen LogP contribution is 2.21. The van der Waals surface area contributed by atoms with Crippen LogP contribution >= 0.6 is 0 Å². The molecule has 2 aromatic rings. The Bertz CT molecular complexity index is 638. The highest BCUT2D eigenvalue weighted by atomic mass is 16.1. The number of nitrogens with one attached hydrogen (secondary N) is 2. The van der Waals surface area contributed by atoms with Crippen LogP contribution in [-0.2, 0) is 6.54 Å². The van der Waals surface area contributed by atoms with E-state index in [1.807, 2.05) is 24.3 Å². The summed E-state index contributed by atoms with van der Waals surface area (Å²) >= 11 is 0. The van der Waals surface area contributed by atoms with Gasteiger partial charge in [-0.3, -0.25) is 14.8 Å². The van der Waals surface area contributed by atoms with E-state index >= 15 is 0 Å². The third kappa shape index (κ3) is 4.52. The van der Waals surface area contributed by atoms with Crippen LogP contribution in [-0.4, -0.2) is 21.9 Å². The number of pyridine rings is 2. The number of carbonyl (C=O) groups is 1. The number of rotatable bonds is 5. The number of carbonyl (C=O) groups excluding carboxylic acids is 1. The second-order valence-electron chi connectivity index (χ2n) is 5.95. The van der Waals surface area contributed by atoms with E-state index in [-0.39, 0.29) is 5.91 Å². The van der Waals surface area contributed by atoms with Crippen molar-refractivity contribution in [3.63, 3.8) is 0 Å². The van der Waals surface area contributed by atoms with E-state index in [2.05, 4.69) is 20.6 Å². The summed E-state index contributed by atoms with van der Waals surface area (Å²) in [5.74, 6) is -0.129. The van der Waals surface area contributed by atoms with Gasteiger partial charge >= 0.3 is 0 Å². The van der Waals surface area contributed by atoms with Gasteiger partial charge in [0.15, 0.2) is 0 Å². The highest BCUT2D eigenvalue weighted by molar-refractivity contribution is 5.94. The minimum atomic E-state index is -0.129. The van der Waals surface area contributed by atoms with E-state index in [0.29, 0.717) is 18.2 Å². The quantitative estimate of drug-likeness (QED) is 0.890. The topological polar surface area (TPSA) is 66.9 Å². The van der Waals surface area contributed by atoms with Gasteiger partial charge in [0.1, 0.15) is 0 Å². The van der Waals surface area contributed by atoms with Crippen molar-refractivity contribution in [1.29, 1.82) is 0 Å². The van der Waals surface area contributed by atoms with E-state index in [1.54, 1.807) is 18.6 Å². The van der Waals surface area contributed by atoms with E-state index < -0.39 is 0 Å². The maximum atomic E-state index is 12.3. The van der Waals surface area contributed by atoms with Crippen molar-refractivity contribution in [2.75, 3.05) is 5.32 Å². The maximum Gasteiger partial charge on any atom is 0.253 e. The molecule has 5 nitrogen and oxygen atoms in total. The fourth-order valence-electron chi connectivity index (χ4n) is 2.90. The van der Waals surface area contributed by atoms with Crippen molar-refractivity contribution in [1.82, 2.24) is 15.3 Å². The zero-order valence-electron chi connectivity index (χ0n) is 13.2. The van der Waals surface area contributed by atoms with Crippen LogP contribution in [0.3, 0.4) is 0 Å². The molecule has 0 saturated heterocycles. The van der Waals surface area contributed by atoms with E-state index in [9.17, 15) is 4.79 Å². The van der Waals surface area contributed by atoms with Crippen molar-refractivity contribution in [2.45, 2.75) is 44.7 Å². The van der Waals surface area contributed by atoms with E-state index in [4.69, 9.17) is 0 Å². The normalized spacial score (nSPS) is 15.1. The summed E-state index contributed by atoms with van der Waals surface area (Å²) < 4.78 is 0. The van der Waals surface area contributed by atoms with Crippen LogP contribution in [0.4, 0.5) is 5.69 Å². The lowest BCUT2D eigenvalue weighted by molar-refractivity contribution is 0.0950. The number of aromatic nitrogens is 2. The van der Waals surface area contributed by atoms with Crippen LogP contribution in [0.25, 0.3) is 0 Å². The van der Waals surface area contributed by atoms with Gasteiger partial charge < -0.3 is 10.6 Å². The van der Waals surface area contributed by atoms with Gasteiger partial charge in [0, 0.05) is 24.6 Å². The first kappa shape index (κ1) is 15.5. The van der Waals surface area contributed by atoms with Crippen LogP contribution in [0.15, 0.2) is 42.9 Å². The Morgan fingerprint density at radius 1 is 1.17 bits per heavy atom. The number of amides is 1. The summed E-state index contributed by atoms with van der Waals surface area (Å²) in [5.41, 5.74) is 2.33. The summed E-state index contributed by atoms with van der Waals surface area (Å²) in [6, 6.07) is 8.02. The van der Waals surface area contributed by atoms with Crippen molar-refractivity contribution >= 4 is 11.6 Å². The molecule has 1 aliphatic carbocycles. The molecule has 1 saturated carbocycles. The molecule has 1 fully saturated rings. The molecule has 0 spiro atoms. The van der Waals surface area contributed by atoms with Crippen LogP contribution < -0.4 is 10.6 Å². The van der Waals surface area contributed by atoms with Gasteiger partial charge in [-0.1, -0.05) is 25.3 Å². The molecule has 0 atom stereocenters.